The highest BCUT2D eigenvalue weighted by Gasteiger charge is 2.72. The monoisotopic (exact) mass is 231 g/mol. The molecule has 0 amide bonds. The normalized spacial score (nSPS) is 40.6. The van der Waals surface area contributed by atoms with E-state index in [-0.39, 0.29) is 30.2 Å². The molecule has 0 aromatic rings. The van der Waals surface area contributed by atoms with Gasteiger partial charge in [-0.15, -0.1) is 0 Å². The lowest BCUT2D eigenvalue weighted by atomic mass is 9.93. The van der Waals surface area contributed by atoms with Crippen LogP contribution in [0, 0.1) is 5.41 Å². The van der Waals surface area contributed by atoms with Gasteiger partial charge in [-0.1, -0.05) is 0 Å². The van der Waals surface area contributed by atoms with Gasteiger partial charge in [0.05, 0.1) is 6.33 Å². The molecular formula is C10H14FNO4. The molecule has 1 spiro atoms. The number of nitrogens with zero attached hydrogens (tertiary/aromatic N) is 1. The Hall–Kier alpha value is -0.530. The van der Waals surface area contributed by atoms with Crippen molar-refractivity contribution in [2.24, 2.45) is 5.41 Å². The summed E-state index contributed by atoms with van der Waals surface area (Å²) in [6.07, 6.45) is 1.99. The number of aliphatic hydroxyl groups is 4. The highest BCUT2D eigenvalue weighted by atomic mass is 19.1. The molecule has 5 nitrogen and oxygen atoms in total. The summed E-state index contributed by atoms with van der Waals surface area (Å²) in [4.78, 5) is 0.818. The van der Waals surface area contributed by atoms with E-state index in [1.54, 1.807) is 0 Å². The van der Waals surface area contributed by atoms with Crippen molar-refractivity contribution in [1.29, 1.82) is 0 Å². The largest absolute Gasteiger partial charge is 0.353 e. The van der Waals surface area contributed by atoms with Gasteiger partial charge in [0.2, 0.25) is 5.91 Å². The van der Waals surface area contributed by atoms with Gasteiger partial charge < -0.3 is 20.4 Å². The Kier molecular flexibility index (Phi) is 1.76. The van der Waals surface area contributed by atoms with Crippen LogP contribution < -0.4 is 0 Å². The van der Waals surface area contributed by atoms with Crippen LogP contribution in [-0.4, -0.2) is 43.2 Å². The van der Waals surface area contributed by atoms with Crippen LogP contribution >= 0.6 is 0 Å². The van der Waals surface area contributed by atoms with E-state index < -0.39 is 17.9 Å². The maximum atomic E-state index is 12.6. The topological polar surface area (TPSA) is 84.2 Å². The van der Waals surface area contributed by atoms with E-state index in [0.29, 0.717) is 0 Å². The molecule has 2 aliphatic heterocycles. The third-order valence-corrected chi connectivity index (χ3v) is 4.20. The zero-order valence-electron chi connectivity index (χ0n) is 8.60. The van der Waals surface area contributed by atoms with Crippen LogP contribution in [-0.2, 0) is 0 Å². The van der Waals surface area contributed by atoms with E-state index in [4.69, 9.17) is 0 Å². The van der Waals surface area contributed by atoms with Gasteiger partial charge in [-0.25, -0.2) is 4.39 Å². The van der Waals surface area contributed by atoms with Crippen LogP contribution in [0.25, 0.3) is 0 Å². The predicted octanol–water partition coefficient (Wildman–Crippen LogP) is -0.625. The molecule has 3 rings (SSSR count). The minimum Gasteiger partial charge on any atom is -0.353 e. The van der Waals surface area contributed by atoms with Crippen LogP contribution in [0.2, 0.25) is 0 Å². The van der Waals surface area contributed by atoms with Gasteiger partial charge in [-0.05, 0) is 24.7 Å². The molecule has 16 heavy (non-hydrogen) atoms. The molecule has 90 valence electrons. The van der Waals surface area contributed by atoms with Gasteiger partial charge in [0, 0.05) is 18.0 Å². The summed E-state index contributed by atoms with van der Waals surface area (Å²) in [6, 6.07) is -0.403. The third kappa shape index (κ3) is 1.06. The van der Waals surface area contributed by atoms with Crippen LogP contribution in [0.4, 0.5) is 4.39 Å². The number of rotatable bonds is 0. The van der Waals surface area contributed by atoms with Crippen molar-refractivity contribution >= 4 is 0 Å². The zero-order valence-corrected chi connectivity index (χ0v) is 8.60. The molecule has 2 heterocycles. The second-order valence-electron chi connectivity index (χ2n) is 5.17. The Morgan fingerprint density at radius 2 is 1.88 bits per heavy atom. The lowest BCUT2D eigenvalue weighted by Gasteiger charge is -2.35. The average Bonchev–Trinajstić information content (AvgIpc) is 2.77. The molecular weight excluding hydrogens is 217 g/mol. The van der Waals surface area contributed by atoms with E-state index in [9.17, 15) is 24.8 Å². The van der Waals surface area contributed by atoms with Gasteiger partial charge in [-0.2, -0.15) is 4.90 Å². The van der Waals surface area contributed by atoms with Gasteiger partial charge in [0.15, 0.2) is 0 Å². The number of hydrogen-bond acceptors (Lipinski definition) is 5. The molecule has 1 saturated carbocycles. The predicted molar refractivity (Wildman–Crippen MR) is 50.1 cm³/mol. The van der Waals surface area contributed by atoms with E-state index in [1.807, 2.05) is 0 Å². The van der Waals surface area contributed by atoms with Crippen molar-refractivity contribution in [2.75, 3.05) is 0 Å². The molecule has 1 atom stereocenters. The van der Waals surface area contributed by atoms with Gasteiger partial charge >= 0.3 is 0 Å². The lowest BCUT2D eigenvalue weighted by Crippen LogP contribution is -2.57. The molecule has 1 aliphatic carbocycles. The zero-order chi connectivity index (χ0) is 11.8. The molecule has 6 heteroatoms. The highest BCUT2D eigenvalue weighted by Crippen LogP contribution is 2.66. The molecule has 4 N–H and O–H groups in total. The van der Waals surface area contributed by atoms with Crippen molar-refractivity contribution in [2.45, 2.75) is 43.5 Å². The molecule has 0 bridgehead atoms. The molecule has 1 unspecified atom stereocenters. The summed E-state index contributed by atoms with van der Waals surface area (Å²) in [7, 11) is 0. The van der Waals surface area contributed by atoms with Crippen molar-refractivity contribution in [3.8, 4) is 0 Å². The highest BCUT2D eigenvalue weighted by molar-refractivity contribution is 5.27. The SMILES string of the molecule is OC1(O)CC2(CC2)C2C/C(=C/F)C(O)(O)N21. The van der Waals surface area contributed by atoms with Crippen LogP contribution in [0.5, 0.6) is 0 Å². The number of hydrogen-bond donors (Lipinski definition) is 4. The summed E-state index contributed by atoms with van der Waals surface area (Å²) in [5.41, 5.74) is -0.499. The average molecular weight is 231 g/mol. The quantitative estimate of drug-likeness (QED) is 0.417. The first-order valence-corrected chi connectivity index (χ1v) is 5.32. The Balaban J connectivity index is 2.07. The lowest BCUT2D eigenvalue weighted by molar-refractivity contribution is -0.351. The molecule has 0 aromatic heterocycles. The Morgan fingerprint density at radius 1 is 1.25 bits per heavy atom. The van der Waals surface area contributed by atoms with Crippen molar-refractivity contribution < 1.29 is 24.8 Å². The van der Waals surface area contributed by atoms with Crippen LogP contribution in [0.15, 0.2) is 11.9 Å². The van der Waals surface area contributed by atoms with E-state index >= 15 is 0 Å². The second-order valence-corrected chi connectivity index (χ2v) is 5.17. The van der Waals surface area contributed by atoms with E-state index in [1.165, 1.54) is 0 Å². The Labute approximate surface area is 91.4 Å². The molecule has 0 radical (unpaired) electrons. The fraction of sp³-hybridized carbons (Fsp3) is 0.800. The fourth-order valence-corrected chi connectivity index (χ4v) is 3.26. The minimum atomic E-state index is -2.59. The van der Waals surface area contributed by atoms with Crippen molar-refractivity contribution in [3.63, 3.8) is 0 Å². The van der Waals surface area contributed by atoms with Gasteiger partial charge in [-0.3, -0.25) is 0 Å². The molecule has 3 fully saturated rings. The smallest absolute Gasteiger partial charge is 0.256 e. The van der Waals surface area contributed by atoms with Crippen LogP contribution in [0.1, 0.15) is 25.7 Å². The summed E-state index contributed by atoms with van der Waals surface area (Å²) in [5, 5.41) is 39.1. The molecule has 2 saturated heterocycles. The summed E-state index contributed by atoms with van der Waals surface area (Å²) in [5.74, 6) is -4.86. The summed E-state index contributed by atoms with van der Waals surface area (Å²) >= 11 is 0. The molecule has 3 aliphatic rings. The van der Waals surface area contributed by atoms with Crippen LogP contribution in [0.3, 0.4) is 0 Å². The summed E-state index contributed by atoms with van der Waals surface area (Å²) < 4.78 is 12.6. The number of halogens is 1. The number of fused-ring (bicyclic) bond motifs is 2. The van der Waals surface area contributed by atoms with Gasteiger partial charge in [0.25, 0.3) is 5.91 Å². The van der Waals surface area contributed by atoms with Crippen molar-refractivity contribution in [1.82, 2.24) is 4.90 Å². The Morgan fingerprint density at radius 3 is 2.38 bits per heavy atom. The molecule has 0 aromatic carbocycles. The van der Waals surface area contributed by atoms with Gasteiger partial charge in [0.1, 0.15) is 0 Å². The Bertz CT molecular complexity index is 375. The fourth-order valence-electron chi connectivity index (χ4n) is 3.26. The van der Waals surface area contributed by atoms with Crippen molar-refractivity contribution in [3.05, 3.63) is 11.9 Å². The maximum absolute atomic E-state index is 12.6. The first kappa shape index (κ1) is 10.6. The first-order chi connectivity index (χ1) is 7.33. The maximum Gasteiger partial charge on any atom is 0.256 e. The third-order valence-electron chi connectivity index (χ3n) is 4.20. The first-order valence-electron chi connectivity index (χ1n) is 5.32. The second kappa shape index (κ2) is 2.65. The minimum absolute atomic E-state index is 0.0904. The standard InChI is InChI=1S/C10H14FNO4/c11-4-6-3-7-8(1-2-8)5-9(13,14)12(7)10(6,15)16/h4,7,13-16H,1-3,5H2/b6-4-. The van der Waals surface area contributed by atoms with E-state index in [0.717, 1.165) is 17.7 Å². The van der Waals surface area contributed by atoms with E-state index in [2.05, 4.69) is 0 Å². The summed E-state index contributed by atoms with van der Waals surface area (Å²) in [6.45, 7) is 0.